The van der Waals surface area contributed by atoms with Gasteiger partial charge in [0.05, 0.1) is 0 Å². The van der Waals surface area contributed by atoms with E-state index in [0.29, 0.717) is 0 Å². The molecule has 17 heavy (non-hydrogen) atoms. The molecule has 0 unspecified atom stereocenters. The van der Waals surface area contributed by atoms with Gasteiger partial charge in [0.2, 0.25) is 0 Å². The van der Waals surface area contributed by atoms with Crippen LogP contribution in [0.1, 0.15) is 46.0 Å². The average Bonchev–Trinajstić information content (AvgIpc) is 2.37. The molecule has 102 valence electrons. The lowest BCUT2D eigenvalue weighted by molar-refractivity contribution is 0.114. The summed E-state index contributed by atoms with van der Waals surface area (Å²) in [5, 5.41) is 3.62. The fourth-order valence-corrected chi connectivity index (χ4v) is 2.35. The van der Waals surface area contributed by atoms with Crippen molar-refractivity contribution >= 4 is 0 Å². The molecular weight excluding hydrogens is 212 g/mol. The zero-order chi connectivity index (χ0) is 12.3. The number of piperidine rings is 1. The van der Waals surface area contributed by atoms with Crippen LogP contribution < -0.4 is 5.32 Å². The first-order chi connectivity index (χ1) is 8.36. The summed E-state index contributed by atoms with van der Waals surface area (Å²) in [6, 6.07) is 0.766. The first-order valence-electron chi connectivity index (χ1n) is 7.40. The summed E-state index contributed by atoms with van der Waals surface area (Å²) in [5.74, 6) is 0. The second-order valence-electron chi connectivity index (χ2n) is 5.04. The number of hydrogen-bond donors (Lipinski definition) is 1. The lowest BCUT2D eigenvalue weighted by Crippen LogP contribution is -2.43. The Morgan fingerprint density at radius 1 is 1.12 bits per heavy atom. The van der Waals surface area contributed by atoms with Crippen molar-refractivity contribution in [2.24, 2.45) is 0 Å². The third-order valence-electron chi connectivity index (χ3n) is 3.38. The van der Waals surface area contributed by atoms with Gasteiger partial charge in [0.1, 0.15) is 0 Å². The zero-order valence-corrected chi connectivity index (χ0v) is 11.7. The molecule has 0 aromatic carbocycles. The Balaban J connectivity index is 1.95. The summed E-state index contributed by atoms with van der Waals surface area (Å²) >= 11 is 0. The molecule has 1 aliphatic heterocycles. The maximum Gasteiger partial charge on any atom is 0.0478 e. The molecule has 0 atom stereocenters. The third-order valence-corrected chi connectivity index (χ3v) is 3.38. The average molecular weight is 242 g/mol. The number of nitrogens with zero attached hydrogens (tertiary/aromatic N) is 1. The van der Waals surface area contributed by atoms with Crippen molar-refractivity contribution in [1.82, 2.24) is 10.2 Å². The molecule has 0 spiro atoms. The number of likely N-dealkylation sites (tertiary alicyclic amines) is 1. The molecule has 0 radical (unpaired) electrons. The van der Waals surface area contributed by atoms with Gasteiger partial charge in [0, 0.05) is 25.8 Å². The molecule has 1 N–H and O–H groups in total. The molecule has 0 aromatic rings. The maximum absolute atomic E-state index is 5.51. The predicted molar refractivity (Wildman–Crippen MR) is 73.5 cm³/mol. The van der Waals surface area contributed by atoms with E-state index in [0.717, 1.165) is 25.7 Å². The van der Waals surface area contributed by atoms with Crippen molar-refractivity contribution in [2.75, 3.05) is 39.4 Å². The molecule has 1 fully saturated rings. The highest BCUT2D eigenvalue weighted by molar-refractivity contribution is 4.76. The lowest BCUT2D eigenvalue weighted by Gasteiger charge is -2.32. The standard InChI is InChI=1S/C14H30N2O/c1-3-8-15-14-6-10-16(11-7-14)9-5-13-17-12-4-2/h14-15H,3-13H2,1-2H3. The molecule has 0 saturated carbocycles. The molecular formula is C14H30N2O. The van der Waals surface area contributed by atoms with Crippen LogP contribution in [0.3, 0.4) is 0 Å². The maximum atomic E-state index is 5.51. The highest BCUT2D eigenvalue weighted by Gasteiger charge is 2.17. The lowest BCUT2D eigenvalue weighted by atomic mass is 10.0. The molecule has 3 heteroatoms. The minimum absolute atomic E-state index is 0.766. The van der Waals surface area contributed by atoms with Crippen LogP contribution in [-0.2, 0) is 4.74 Å². The monoisotopic (exact) mass is 242 g/mol. The molecule has 0 aliphatic carbocycles. The summed E-state index contributed by atoms with van der Waals surface area (Å²) in [4.78, 5) is 2.58. The summed E-state index contributed by atoms with van der Waals surface area (Å²) in [6.45, 7) is 11.2. The summed E-state index contributed by atoms with van der Waals surface area (Å²) in [7, 11) is 0. The summed E-state index contributed by atoms with van der Waals surface area (Å²) in [6.07, 6.45) is 6.20. The van der Waals surface area contributed by atoms with E-state index >= 15 is 0 Å². The molecule has 3 nitrogen and oxygen atoms in total. The molecule has 0 aromatic heterocycles. The predicted octanol–water partition coefficient (Wildman–Crippen LogP) is 2.27. The van der Waals surface area contributed by atoms with Gasteiger partial charge in [-0.15, -0.1) is 0 Å². The SMILES string of the molecule is CCCNC1CCN(CCCOCCC)CC1. The van der Waals surface area contributed by atoms with Gasteiger partial charge < -0.3 is 15.0 Å². The Hall–Kier alpha value is -0.120. The highest BCUT2D eigenvalue weighted by atomic mass is 16.5. The van der Waals surface area contributed by atoms with Crippen molar-refractivity contribution < 1.29 is 4.74 Å². The fraction of sp³-hybridized carbons (Fsp3) is 1.00. The quantitative estimate of drug-likeness (QED) is 0.628. The van der Waals surface area contributed by atoms with Gasteiger partial charge in [0.15, 0.2) is 0 Å². The van der Waals surface area contributed by atoms with E-state index in [4.69, 9.17) is 4.74 Å². The first-order valence-corrected chi connectivity index (χ1v) is 7.40. The van der Waals surface area contributed by atoms with Crippen LogP contribution in [0.25, 0.3) is 0 Å². The van der Waals surface area contributed by atoms with Crippen LogP contribution in [0.4, 0.5) is 0 Å². The van der Waals surface area contributed by atoms with E-state index in [1.807, 2.05) is 0 Å². The Bertz CT molecular complexity index is 165. The van der Waals surface area contributed by atoms with E-state index in [9.17, 15) is 0 Å². The summed E-state index contributed by atoms with van der Waals surface area (Å²) in [5.41, 5.74) is 0. The summed E-state index contributed by atoms with van der Waals surface area (Å²) < 4.78 is 5.51. The molecule has 1 aliphatic rings. The molecule has 1 saturated heterocycles. The van der Waals surface area contributed by atoms with Crippen molar-refractivity contribution in [3.8, 4) is 0 Å². The van der Waals surface area contributed by atoms with E-state index < -0.39 is 0 Å². The van der Waals surface area contributed by atoms with Gasteiger partial charge in [-0.1, -0.05) is 13.8 Å². The van der Waals surface area contributed by atoms with Gasteiger partial charge >= 0.3 is 0 Å². The van der Waals surface area contributed by atoms with Gasteiger partial charge in [-0.25, -0.2) is 0 Å². The van der Waals surface area contributed by atoms with E-state index in [1.54, 1.807) is 0 Å². The first kappa shape index (κ1) is 14.9. The van der Waals surface area contributed by atoms with Crippen molar-refractivity contribution in [1.29, 1.82) is 0 Å². The van der Waals surface area contributed by atoms with Gasteiger partial charge in [-0.05, 0) is 51.7 Å². The van der Waals surface area contributed by atoms with E-state index in [-0.39, 0.29) is 0 Å². The van der Waals surface area contributed by atoms with Gasteiger partial charge in [-0.2, -0.15) is 0 Å². The second kappa shape index (κ2) is 9.86. The van der Waals surface area contributed by atoms with E-state index in [1.165, 1.54) is 51.9 Å². The third kappa shape index (κ3) is 7.02. The Labute approximate surface area is 107 Å². The van der Waals surface area contributed by atoms with Crippen LogP contribution in [-0.4, -0.2) is 50.3 Å². The zero-order valence-electron chi connectivity index (χ0n) is 11.7. The number of ether oxygens (including phenoxy) is 1. The Kier molecular flexibility index (Phi) is 8.67. The van der Waals surface area contributed by atoms with Crippen LogP contribution in [0.5, 0.6) is 0 Å². The fourth-order valence-electron chi connectivity index (χ4n) is 2.35. The second-order valence-corrected chi connectivity index (χ2v) is 5.04. The van der Waals surface area contributed by atoms with Crippen LogP contribution in [0.15, 0.2) is 0 Å². The van der Waals surface area contributed by atoms with Crippen molar-refractivity contribution in [2.45, 2.75) is 52.0 Å². The molecule has 0 amide bonds. The minimum Gasteiger partial charge on any atom is -0.381 e. The van der Waals surface area contributed by atoms with Crippen molar-refractivity contribution in [3.63, 3.8) is 0 Å². The number of rotatable bonds is 9. The highest BCUT2D eigenvalue weighted by Crippen LogP contribution is 2.10. The molecule has 0 bridgehead atoms. The van der Waals surface area contributed by atoms with E-state index in [2.05, 4.69) is 24.1 Å². The van der Waals surface area contributed by atoms with Crippen LogP contribution in [0, 0.1) is 0 Å². The number of hydrogen-bond acceptors (Lipinski definition) is 3. The smallest absolute Gasteiger partial charge is 0.0478 e. The molecule has 1 rings (SSSR count). The number of nitrogens with one attached hydrogen (secondary N) is 1. The molecule has 1 heterocycles. The topological polar surface area (TPSA) is 24.5 Å². The Morgan fingerprint density at radius 3 is 2.53 bits per heavy atom. The largest absolute Gasteiger partial charge is 0.381 e. The van der Waals surface area contributed by atoms with Gasteiger partial charge in [0.25, 0.3) is 0 Å². The van der Waals surface area contributed by atoms with Crippen molar-refractivity contribution in [3.05, 3.63) is 0 Å². The normalized spacial score (nSPS) is 18.7. The van der Waals surface area contributed by atoms with Crippen LogP contribution >= 0.6 is 0 Å². The van der Waals surface area contributed by atoms with Crippen LogP contribution in [0.2, 0.25) is 0 Å². The minimum atomic E-state index is 0.766. The van der Waals surface area contributed by atoms with Gasteiger partial charge in [-0.3, -0.25) is 0 Å². The Morgan fingerprint density at radius 2 is 1.88 bits per heavy atom.